The van der Waals surface area contributed by atoms with E-state index in [9.17, 15) is 22.0 Å². The van der Waals surface area contributed by atoms with Crippen molar-refractivity contribution in [1.82, 2.24) is 0 Å². The van der Waals surface area contributed by atoms with Gasteiger partial charge in [0.1, 0.15) is 29.8 Å². The smallest absolute Gasteiger partial charge is 0.416 e. The zero-order valence-corrected chi connectivity index (χ0v) is 14.9. The van der Waals surface area contributed by atoms with Crippen LogP contribution in [-0.4, -0.2) is 12.5 Å². The molecule has 1 unspecified atom stereocenters. The molecule has 3 aromatic rings. The topological polar surface area (TPSA) is 21.6 Å². The Balaban J connectivity index is 1.59. The molecule has 148 valence electrons. The number of aliphatic imine (C=N–C) groups is 1. The lowest BCUT2D eigenvalue weighted by Gasteiger charge is -2.10. The Morgan fingerprint density at radius 2 is 1.48 bits per heavy atom. The maximum atomic E-state index is 13.9. The Hall–Kier alpha value is -3.22. The van der Waals surface area contributed by atoms with Crippen molar-refractivity contribution in [3.8, 4) is 11.1 Å². The van der Waals surface area contributed by atoms with Gasteiger partial charge in [-0.15, -0.1) is 0 Å². The maximum Gasteiger partial charge on any atom is 0.416 e. The maximum absolute atomic E-state index is 13.9. The number of benzene rings is 3. The van der Waals surface area contributed by atoms with Gasteiger partial charge in [-0.3, -0.25) is 0 Å². The van der Waals surface area contributed by atoms with Crippen molar-refractivity contribution in [2.24, 2.45) is 4.99 Å². The van der Waals surface area contributed by atoms with Crippen molar-refractivity contribution >= 4 is 5.90 Å². The summed E-state index contributed by atoms with van der Waals surface area (Å²) in [5.74, 6) is -1.62. The van der Waals surface area contributed by atoms with Crippen LogP contribution in [-0.2, 0) is 10.9 Å². The Kier molecular flexibility index (Phi) is 4.82. The number of halogens is 5. The Bertz CT molecular complexity index is 1050. The molecule has 0 spiro atoms. The van der Waals surface area contributed by atoms with E-state index in [-0.39, 0.29) is 18.1 Å². The van der Waals surface area contributed by atoms with Crippen molar-refractivity contribution in [1.29, 1.82) is 0 Å². The van der Waals surface area contributed by atoms with Gasteiger partial charge in [0, 0.05) is 0 Å². The van der Waals surface area contributed by atoms with Gasteiger partial charge < -0.3 is 4.74 Å². The molecule has 7 heteroatoms. The van der Waals surface area contributed by atoms with Crippen molar-refractivity contribution < 1.29 is 26.7 Å². The van der Waals surface area contributed by atoms with E-state index in [0.717, 1.165) is 29.8 Å². The van der Waals surface area contributed by atoms with Gasteiger partial charge in [-0.05, 0) is 41.0 Å². The summed E-state index contributed by atoms with van der Waals surface area (Å²) < 4.78 is 71.9. The van der Waals surface area contributed by atoms with Crippen LogP contribution in [0.1, 0.15) is 22.7 Å². The zero-order chi connectivity index (χ0) is 20.6. The van der Waals surface area contributed by atoms with Crippen molar-refractivity contribution in [2.45, 2.75) is 12.2 Å². The van der Waals surface area contributed by atoms with Crippen LogP contribution in [0.2, 0.25) is 0 Å². The summed E-state index contributed by atoms with van der Waals surface area (Å²) in [5, 5.41) is 0. The minimum atomic E-state index is -4.41. The number of hydrogen-bond acceptors (Lipinski definition) is 2. The molecule has 0 N–H and O–H groups in total. The van der Waals surface area contributed by atoms with E-state index in [1.165, 1.54) is 12.1 Å². The predicted molar refractivity (Wildman–Crippen MR) is 98.5 cm³/mol. The molecular weight excluding hydrogens is 389 g/mol. The van der Waals surface area contributed by atoms with Gasteiger partial charge in [0.15, 0.2) is 0 Å². The molecule has 1 heterocycles. The largest absolute Gasteiger partial charge is 0.475 e. The molecule has 29 heavy (non-hydrogen) atoms. The van der Waals surface area contributed by atoms with Crippen LogP contribution >= 0.6 is 0 Å². The monoisotopic (exact) mass is 403 g/mol. The molecule has 1 atom stereocenters. The Morgan fingerprint density at radius 3 is 2.14 bits per heavy atom. The third-order valence-electron chi connectivity index (χ3n) is 4.65. The number of alkyl halides is 3. The molecular formula is C22H14F5NO. The first-order chi connectivity index (χ1) is 13.8. The molecule has 0 aromatic heterocycles. The lowest BCUT2D eigenvalue weighted by Crippen LogP contribution is -2.07. The summed E-state index contributed by atoms with van der Waals surface area (Å²) in [6, 6.07) is 14.9. The van der Waals surface area contributed by atoms with Gasteiger partial charge in [-0.25, -0.2) is 13.8 Å². The van der Waals surface area contributed by atoms with Crippen LogP contribution in [0.4, 0.5) is 22.0 Å². The van der Waals surface area contributed by atoms with Crippen molar-refractivity contribution in [3.63, 3.8) is 0 Å². The fourth-order valence-electron chi connectivity index (χ4n) is 3.16. The molecule has 0 saturated heterocycles. The standard InChI is InChI=1S/C22H14F5NO/c23-17-5-2-6-18(24)20(17)21-28-19(12-29-21)14-9-7-13(8-10-14)15-3-1-4-16(11-15)22(25,26)27/h1-11,19H,12H2. The Labute approximate surface area is 163 Å². The second-order valence-electron chi connectivity index (χ2n) is 6.56. The average molecular weight is 403 g/mol. The lowest BCUT2D eigenvalue weighted by atomic mass is 10.00. The number of ether oxygens (including phenoxy) is 1. The fraction of sp³-hybridized carbons (Fsp3) is 0.136. The van der Waals surface area contributed by atoms with Gasteiger partial charge in [0.25, 0.3) is 0 Å². The van der Waals surface area contributed by atoms with Crippen LogP contribution in [0.15, 0.2) is 71.7 Å². The molecule has 0 saturated carbocycles. The van der Waals surface area contributed by atoms with E-state index in [1.54, 1.807) is 30.3 Å². The molecule has 0 aliphatic carbocycles. The molecule has 0 fully saturated rings. The molecule has 4 rings (SSSR count). The van der Waals surface area contributed by atoms with E-state index in [1.807, 2.05) is 0 Å². The lowest BCUT2D eigenvalue weighted by molar-refractivity contribution is -0.137. The van der Waals surface area contributed by atoms with Gasteiger partial charge >= 0.3 is 6.18 Å². The number of hydrogen-bond donors (Lipinski definition) is 0. The summed E-state index contributed by atoms with van der Waals surface area (Å²) in [4.78, 5) is 4.26. The normalized spacial score (nSPS) is 16.4. The fourth-order valence-corrected chi connectivity index (χ4v) is 3.16. The van der Waals surface area contributed by atoms with E-state index in [2.05, 4.69) is 4.99 Å². The van der Waals surface area contributed by atoms with E-state index >= 15 is 0 Å². The SMILES string of the molecule is Fc1cccc(F)c1C1=NC(c2ccc(-c3cccc(C(F)(F)F)c3)cc2)CO1. The molecule has 0 bridgehead atoms. The Morgan fingerprint density at radius 1 is 0.828 bits per heavy atom. The molecule has 1 aliphatic heterocycles. The molecule has 1 aliphatic rings. The minimum absolute atomic E-state index is 0.104. The van der Waals surface area contributed by atoms with Crippen molar-refractivity contribution in [3.05, 3.63) is 95.1 Å². The van der Waals surface area contributed by atoms with E-state index in [0.29, 0.717) is 11.1 Å². The summed E-state index contributed by atoms with van der Waals surface area (Å²) in [6.07, 6.45) is -4.41. The number of rotatable bonds is 3. The molecule has 0 radical (unpaired) electrons. The van der Waals surface area contributed by atoms with Gasteiger partial charge in [-0.1, -0.05) is 42.5 Å². The van der Waals surface area contributed by atoms with Crippen LogP contribution in [0.25, 0.3) is 11.1 Å². The third-order valence-corrected chi connectivity index (χ3v) is 4.65. The predicted octanol–water partition coefficient (Wildman–Crippen LogP) is 6.17. The second kappa shape index (κ2) is 7.31. The highest BCUT2D eigenvalue weighted by Gasteiger charge is 2.30. The van der Waals surface area contributed by atoms with Crippen molar-refractivity contribution in [2.75, 3.05) is 6.61 Å². The first-order valence-corrected chi connectivity index (χ1v) is 8.75. The van der Waals surface area contributed by atoms with E-state index in [4.69, 9.17) is 4.74 Å². The molecule has 2 nitrogen and oxygen atoms in total. The summed E-state index contributed by atoms with van der Waals surface area (Å²) >= 11 is 0. The molecule has 0 amide bonds. The van der Waals surface area contributed by atoms with Gasteiger partial charge in [0.2, 0.25) is 5.90 Å². The molecule has 3 aromatic carbocycles. The first-order valence-electron chi connectivity index (χ1n) is 8.75. The quantitative estimate of drug-likeness (QED) is 0.480. The highest BCUT2D eigenvalue weighted by atomic mass is 19.4. The summed E-state index contributed by atoms with van der Waals surface area (Å²) in [7, 11) is 0. The summed E-state index contributed by atoms with van der Waals surface area (Å²) in [5.41, 5.74) is 0.752. The van der Waals surface area contributed by atoms with Crippen LogP contribution in [0, 0.1) is 11.6 Å². The van der Waals surface area contributed by atoms with E-state index < -0.39 is 29.4 Å². The number of nitrogens with zero attached hydrogens (tertiary/aromatic N) is 1. The highest BCUT2D eigenvalue weighted by molar-refractivity contribution is 5.95. The van der Waals surface area contributed by atoms with Crippen LogP contribution in [0.3, 0.4) is 0 Å². The minimum Gasteiger partial charge on any atom is -0.475 e. The third kappa shape index (κ3) is 3.85. The van der Waals surface area contributed by atoms with Gasteiger partial charge in [-0.2, -0.15) is 13.2 Å². The second-order valence-corrected chi connectivity index (χ2v) is 6.56. The highest BCUT2D eigenvalue weighted by Crippen LogP contribution is 2.33. The van der Waals surface area contributed by atoms with Crippen LogP contribution < -0.4 is 0 Å². The average Bonchev–Trinajstić information content (AvgIpc) is 3.17. The van der Waals surface area contributed by atoms with Crippen LogP contribution in [0.5, 0.6) is 0 Å². The zero-order valence-electron chi connectivity index (χ0n) is 14.9. The van der Waals surface area contributed by atoms with Gasteiger partial charge in [0.05, 0.1) is 5.56 Å². The summed E-state index contributed by atoms with van der Waals surface area (Å²) in [6.45, 7) is 0.117. The first kappa shape index (κ1) is 19.1.